The average molecular weight is 511 g/mol. The second-order valence-electron chi connectivity index (χ2n) is 4.84. The summed E-state index contributed by atoms with van der Waals surface area (Å²) in [6.45, 7) is 2.01. The van der Waals surface area contributed by atoms with Crippen molar-refractivity contribution in [1.29, 1.82) is 0 Å². The van der Waals surface area contributed by atoms with Gasteiger partial charge < -0.3 is 14.8 Å². The zero-order valence-electron chi connectivity index (χ0n) is 13.1. The zero-order chi connectivity index (χ0) is 15.9. The molecule has 1 aromatic carbocycles. The summed E-state index contributed by atoms with van der Waals surface area (Å²) in [4.78, 5) is 9.33. The molecule has 4 rings (SSSR count). The van der Waals surface area contributed by atoms with Gasteiger partial charge in [-0.25, -0.2) is 11.3 Å². The van der Waals surface area contributed by atoms with E-state index in [1.54, 1.807) is 17.5 Å². The van der Waals surface area contributed by atoms with Crippen LogP contribution in [-0.2, 0) is 20.1 Å². The van der Waals surface area contributed by atoms with Gasteiger partial charge in [-0.1, -0.05) is 17.0 Å². The third kappa shape index (κ3) is 5.03. The molecular weight excluding hydrogens is 495 g/mol. The summed E-state index contributed by atoms with van der Waals surface area (Å²) in [6, 6.07) is 22.0. The number of thiophene rings is 1. The quantitative estimate of drug-likeness (QED) is 0.476. The first-order chi connectivity index (χ1) is 11.3. The predicted octanol–water partition coefficient (Wildman–Crippen LogP) is 4.44. The molecule has 3 heterocycles. The number of pyridine rings is 1. The summed E-state index contributed by atoms with van der Waals surface area (Å²) in [7, 11) is 2.00. The minimum atomic E-state index is 0. The molecule has 0 spiro atoms. The van der Waals surface area contributed by atoms with E-state index in [0.717, 1.165) is 16.3 Å². The van der Waals surface area contributed by atoms with E-state index in [1.807, 2.05) is 89.8 Å². The van der Waals surface area contributed by atoms with E-state index in [-0.39, 0.29) is 20.1 Å². The fraction of sp³-hybridized carbons (Fsp3) is 0.0526. The Balaban J connectivity index is 0.000000167. The Morgan fingerprint density at radius 3 is 2.50 bits per heavy atom. The first-order valence-electron chi connectivity index (χ1n) is 7.20. The van der Waals surface area contributed by atoms with E-state index in [2.05, 4.69) is 17.1 Å². The van der Waals surface area contributed by atoms with E-state index >= 15 is 0 Å². The molecule has 0 atom stereocenters. The van der Waals surface area contributed by atoms with Gasteiger partial charge in [0.2, 0.25) is 0 Å². The van der Waals surface area contributed by atoms with Crippen molar-refractivity contribution >= 4 is 17.0 Å². The van der Waals surface area contributed by atoms with Crippen molar-refractivity contribution in [3.63, 3.8) is 0 Å². The molecule has 0 saturated carbocycles. The van der Waals surface area contributed by atoms with Gasteiger partial charge in [-0.15, -0.1) is 11.1 Å². The third-order valence-corrected chi connectivity index (χ3v) is 3.94. The minimum Gasteiger partial charge on any atom is -0.510 e. The zero-order valence-corrected chi connectivity index (χ0v) is 16.3. The van der Waals surface area contributed by atoms with Crippen molar-refractivity contribution in [2.24, 2.45) is 0 Å². The van der Waals surface area contributed by atoms with E-state index in [0.29, 0.717) is 0 Å². The maximum atomic E-state index is 4.20. The van der Waals surface area contributed by atoms with Crippen molar-refractivity contribution < 1.29 is 20.1 Å². The number of anilines is 1. The SMILES string of the molecule is CN1C=CN(c2[c-]cccc2)[CH-]1.[Ir+3].[c-]1ccsc1-c1ccccn1. The Kier molecular flexibility index (Phi) is 7.19. The fourth-order valence-electron chi connectivity index (χ4n) is 2.01. The van der Waals surface area contributed by atoms with Crippen molar-refractivity contribution in [3.05, 3.63) is 91.3 Å². The first-order valence-corrected chi connectivity index (χ1v) is 8.08. The van der Waals surface area contributed by atoms with Crippen LogP contribution < -0.4 is 4.90 Å². The van der Waals surface area contributed by atoms with Crippen LogP contribution in [0, 0.1) is 18.8 Å². The van der Waals surface area contributed by atoms with E-state index in [4.69, 9.17) is 0 Å². The molecule has 0 unspecified atom stereocenters. The first kappa shape index (κ1) is 18.4. The monoisotopic (exact) mass is 511 g/mol. The van der Waals surface area contributed by atoms with Gasteiger partial charge in [0.1, 0.15) is 0 Å². The molecule has 0 fully saturated rings. The number of hydrogen-bond acceptors (Lipinski definition) is 4. The van der Waals surface area contributed by atoms with Crippen molar-refractivity contribution in [3.8, 4) is 10.6 Å². The molecule has 0 N–H and O–H groups in total. The summed E-state index contributed by atoms with van der Waals surface area (Å²) < 4.78 is 0. The standard InChI is InChI=1S/C10H10N2.C9H6NS.Ir/c1-11-7-8-12(9-11)10-5-3-2-4-6-10;1-2-6-10-8(4-1)9-5-3-7-11-9;/h2-5,7-9H,1H3;1-4,6-7H;/q-2;-1;+3. The van der Waals surface area contributed by atoms with Crippen LogP contribution >= 0.6 is 11.3 Å². The molecule has 3 nitrogen and oxygen atoms in total. The molecule has 24 heavy (non-hydrogen) atoms. The van der Waals surface area contributed by atoms with Gasteiger partial charge in [-0.3, -0.25) is 0 Å². The van der Waals surface area contributed by atoms with Gasteiger partial charge in [0.25, 0.3) is 0 Å². The molecule has 5 heteroatoms. The molecule has 3 aromatic rings. The molecule has 0 radical (unpaired) electrons. The molecule has 0 bridgehead atoms. The van der Waals surface area contributed by atoms with Crippen LogP contribution in [0.15, 0.2) is 72.5 Å². The number of nitrogens with zero attached hydrogens (tertiary/aromatic N) is 3. The third-order valence-electron chi connectivity index (χ3n) is 3.11. The van der Waals surface area contributed by atoms with Crippen molar-refractivity contribution in [2.75, 3.05) is 11.9 Å². The topological polar surface area (TPSA) is 19.4 Å². The fourth-order valence-corrected chi connectivity index (χ4v) is 2.66. The van der Waals surface area contributed by atoms with Gasteiger partial charge in [0, 0.05) is 6.20 Å². The summed E-state index contributed by atoms with van der Waals surface area (Å²) in [6.07, 6.45) is 5.80. The van der Waals surface area contributed by atoms with E-state index in [1.165, 1.54) is 0 Å². The Morgan fingerprint density at radius 2 is 1.92 bits per heavy atom. The van der Waals surface area contributed by atoms with Crippen molar-refractivity contribution in [2.45, 2.75) is 0 Å². The van der Waals surface area contributed by atoms with Crippen LogP contribution in [0.5, 0.6) is 0 Å². The van der Waals surface area contributed by atoms with Gasteiger partial charge >= 0.3 is 20.1 Å². The Hall–Kier alpha value is -1.94. The molecule has 0 saturated heterocycles. The largest absolute Gasteiger partial charge is 3.00 e. The van der Waals surface area contributed by atoms with Gasteiger partial charge in [0.05, 0.1) is 0 Å². The second-order valence-corrected chi connectivity index (χ2v) is 5.76. The molecule has 2 aromatic heterocycles. The number of para-hydroxylation sites is 1. The maximum absolute atomic E-state index is 4.20. The van der Waals surface area contributed by atoms with Gasteiger partial charge in [-0.2, -0.15) is 49.1 Å². The van der Waals surface area contributed by atoms with Crippen LogP contribution in [0.2, 0.25) is 0 Å². The van der Waals surface area contributed by atoms with Gasteiger partial charge in [-0.05, 0) is 31.2 Å². The number of hydrogen-bond donors (Lipinski definition) is 0. The number of rotatable bonds is 2. The smallest absolute Gasteiger partial charge is 0.510 e. The number of aromatic nitrogens is 1. The van der Waals surface area contributed by atoms with Gasteiger partial charge in [0.15, 0.2) is 0 Å². The van der Waals surface area contributed by atoms with E-state index < -0.39 is 0 Å². The molecule has 0 aliphatic carbocycles. The molecule has 1 aliphatic heterocycles. The average Bonchev–Trinajstić information content (AvgIpc) is 3.29. The normalized spacial score (nSPS) is 12.4. The summed E-state index contributed by atoms with van der Waals surface area (Å²) in [5.74, 6) is 0. The summed E-state index contributed by atoms with van der Waals surface area (Å²) >= 11 is 1.66. The Morgan fingerprint density at radius 1 is 1.04 bits per heavy atom. The number of benzene rings is 1. The Labute approximate surface area is 160 Å². The molecule has 0 amide bonds. The van der Waals surface area contributed by atoms with Crippen molar-refractivity contribution in [1.82, 2.24) is 9.88 Å². The minimum absolute atomic E-state index is 0. The molecule has 1 aliphatic rings. The summed E-state index contributed by atoms with van der Waals surface area (Å²) in [5, 5.41) is 2.00. The predicted molar refractivity (Wildman–Crippen MR) is 95.3 cm³/mol. The summed E-state index contributed by atoms with van der Waals surface area (Å²) in [5.41, 5.74) is 2.07. The second kappa shape index (κ2) is 9.38. The van der Waals surface area contributed by atoms with Crippen LogP contribution in [0.4, 0.5) is 5.69 Å². The van der Waals surface area contributed by atoms with Crippen LogP contribution in [0.1, 0.15) is 0 Å². The van der Waals surface area contributed by atoms with Crippen LogP contribution in [-0.4, -0.2) is 16.9 Å². The molecular formula is C19H16IrN3S. The molecule has 122 valence electrons. The van der Waals surface area contributed by atoms with E-state index in [9.17, 15) is 0 Å². The Bertz CT molecular complexity index is 730. The van der Waals surface area contributed by atoms with Crippen LogP contribution in [0.25, 0.3) is 10.6 Å². The maximum Gasteiger partial charge on any atom is 3.00 e. The van der Waals surface area contributed by atoms with Crippen LogP contribution in [0.3, 0.4) is 0 Å².